The Morgan fingerprint density at radius 3 is 2.57 bits per heavy atom. The molecule has 0 aliphatic heterocycles. The van der Waals surface area contributed by atoms with E-state index < -0.39 is 0 Å². The highest BCUT2D eigenvalue weighted by molar-refractivity contribution is 9.11. The van der Waals surface area contributed by atoms with Crippen molar-refractivity contribution in [3.63, 3.8) is 0 Å². The molecule has 1 rings (SSSR count). The van der Waals surface area contributed by atoms with Gasteiger partial charge in [0.05, 0.1) is 5.69 Å². The first-order valence-corrected chi connectivity index (χ1v) is 6.15. The Morgan fingerprint density at radius 2 is 2.07 bits per heavy atom. The van der Waals surface area contributed by atoms with Gasteiger partial charge in [-0.15, -0.1) is 0 Å². The van der Waals surface area contributed by atoms with Gasteiger partial charge in [-0.2, -0.15) is 0 Å². The molecule has 1 aromatic heterocycles. The SMILES string of the molecule is CC(C)CC(N)c1ncc(Br)cc1Br. The lowest BCUT2D eigenvalue weighted by Gasteiger charge is -2.14. The Morgan fingerprint density at radius 1 is 1.43 bits per heavy atom. The highest BCUT2D eigenvalue weighted by Gasteiger charge is 2.13. The van der Waals surface area contributed by atoms with E-state index in [-0.39, 0.29) is 6.04 Å². The zero-order valence-corrected chi connectivity index (χ0v) is 11.5. The van der Waals surface area contributed by atoms with E-state index in [1.54, 1.807) is 6.20 Å². The molecular weight excluding hydrogens is 308 g/mol. The summed E-state index contributed by atoms with van der Waals surface area (Å²) in [5.41, 5.74) is 6.97. The van der Waals surface area contributed by atoms with Crippen molar-refractivity contribution >= 4 is 31.9 Å². The van der Waals surface area contributed by atoms with Gasteiger partial charge in [0.25, 0.3) is 0 Å². The lowest BCUT2D eigenvalue weighted by atomic mass is 10.0. The summed E-state index contributed by atoms with van der Waals surface area (Å²) in [5, 5.41) is 0. The van der Waals surface area contributed by atoms with Crippen LogP contribution >= 0.6 is 31.9 Å². The molecule has 2 N–H and O–H groups in total. The molecule has 0 radical (unpaired) electrons. The average Bonchev–Trinajstić information content (AvgIpc) is 2.01. The predicted octanol–water partition coefficient (Wildman–Crippen LogP) is 3.65. The number of hydrogen-bond donors (Lipinski definition) is 1. The summed E-state index contributed by atoms with van der Waals surface area (Å²) in [7, 11) is 0. The molecule has 14 heavy (non-hydrogen) atoms. The fraction of sp³-hybridized carbons (Fsp3) is 0.500. The van der Waals surface area contributed by atoms with Crippen molar-refractivity contribution in [3.8, 4) is 0 Å². The number of aromatic nitrogens is 1. The van der Waals surface area contributed by atoms with Crippen molar-refractivity contribution in [2.75, 3.05) is 0 Å². The van der Waals surface area contributed by atoms with E-state index in [2.05, 4.69) is 50.7 Å². The molecule has 78 valence electrons. The van der Waals surface area contributed by atoms with Gasteiger partial charge in [-0.3, -0.25) is 4.98 Å². The molecule has 0 aromatic carbocycles. The van der Waals surface area contributed by atoms with Crippen LogP contribution in [0.1, 0.15) is 32.0 Å². The van der Waals surface area contributed by atoms with E-state index >= 15 is 0 Å². The number of nitrogens with two attached hydrogens (primary N) is 1. The molecule has 4 heteroatoms. The summed E-state index contributed by atoms with van der Waals surface area (Å²) in [6.45, 7) is 4.32. The standard InChI is InChI=1S/C10H14Br2N2/c1-6(2)3-9(13)10-8(12)4-7(11)5-14-10/h4-6,9H,3,13H2,1-2H3. The van der Waals surface area contributed by atoms with Crippen LogP contribution in [0.4, 0.5) is 0 Å². The molecule has 0 saturated carbocycles. The Kier molecular flexibility index (Phi) is 4.54. The molecule has 0 saturated heterocycles. The van der Waals surface area contributed by atoms with E-state index in [1.165, 1.54) is 0 Å². The van der Waals surface area contributed by atoms with Crippen LogP contribution < -0.4 is 5.73 Å². The van der Waals surface area contributed by atoms with Gasteiger partial charge in [-0.1, -0.05) is 13.8 Å². The number of hydrogen-bond acceptors (Lipinski definition) is 2. The Labute approximate surface area is 102 Å². The van der Waals surface area contributed by atoms with Crippen LogP contribution in [0.5, 0.6) is 0 Å². The second-order valence-electron chi connectivity index (χ2n) is 3.76. The summed E-state index contributed by atoms with van der Waals surface area (Å²) < 4.78 is 1.94. The van der Waals surface area contributed by atoms with Gasteiger partial charge in [0.15, 0.2) is 0 Å². The van der Waals surface area contributed by atoms with Crippen molar-refractivity contribution < 1.29 is 0 Å². The lowest BCUT2D eigenvalue weighted by Crippen LogP contribution is -2.15. The first-order valence-electron chi connectivity index (χ1n) is 4.57. The first kappa shape index (κ1) is 12.1. The van der Waals surface area contributed by atoms with E-state index in [1.807, 2.05) is 6.07 Å². The summed E-state index contributed by atoms with van der Waals surface area (Å²) in [6.07, 6.45) is 2.73. The predicted molar refractivity (Wildman–Crippen MR) is 66.0 cm³/mol. The number of nitrogens with zero attached hydrogens (tertiary/aromatic N) is 1. The maximum atomic E-state index is 6.04. The van der Waals surface area contributed by atoms with Crippen LogP contribution in [0, 0.1) is 5.92 Å². The highest BCUT2D eigenvalue weighted by atomic mass is 79.9. The number of halogens is 2. The van der Waals surface area contributed by atoms with Crippen molar-refractivity contribution in [1.82, 2.24) is 4.98 Å². The minimum Gasteiger partial charge on any atom is -0.323 e. The zero-order valence-electron chi connectivity index (χ0n) is 8.30. The fourth-order valence-electron chi connectivity index (χ4n) is 1.32. The van der Waals surface area contributed by atoms with Crippen LogP contribution in [-0.4, -0.2) is 4.98 Å². The molecule has 1 heterocycles. The summed E-state index contributed by atoms with van der Waals surface area (Å²) in [6, 6.07) is 1.99. The fourth-order valence-corrected chi connectivity index (χ4v) is 2.60. The van der Waals surface area contributed by atoms with Crippen LogP contribution in [0.2, 0.25) is 0 Å². The zero-order chi connectivity index (χ0) is 10.7. The normalized spacial score (nSPS) is 13.3. The molecule has 1 aromatic rings. The largest absolute Gasteiger partial charge is 0.323 e. The van der Waals surface area contributed by atoms with Crippen molar-refractivity contribution in [2.45, 2.75) is 26.3 Å². The third-order valence-electron chi connectivity index (χ3n) is 1.91. The van der Waals surface area contributed by atoms with Gasteiger partial charge >= 0.3 is 0 Å². The van der Waals surface area contributed by atoms with Crippen LogP contribution in [0.3, 0.4) is 0 Å². The lowest BCUT2D eigenvalue weighted by molar-refractivity contribution is 0.501. The van der Waals surface area contributed by atoms with Gasteiger partial charge < -0.3 is 5.73 Å². The second kappa shape index (κ2) is 5.24. The molecule has 2 nitrogen and oxygen atoms in total. The van der Waals surface area contributed by atoms with Gasteiger partial charge in [0.1, 0.15) is 0 Å². The maximum Gasteiger partial charge on any atom is 0.0713 e. The molecular formula is C10H14Br2N2. The van der Waals surface area contributed by atoms with Crippen LogP contribution in [0.15, 0.2) is 21.2 Å². The van der Waals surface area contributed by atoms with Crippen LogP contribution in [0.25, 0.3) is 0 Å². The van der Waals surface area contributed by atoms with E-state index in [0.29, 0.717) is 5.92 Å². The van der Waals surface area contributed by atoms with Gasteiger partial charge in [-0.05, 0) is 50.3 Å². The average molecular weight is 322 g/mol. The number of pyridine rings is 1. The Hall–Kier alpha value is 0.0700. The molecule has 0 amide bonds. The summed E-state index contributed by atoms with van der Waals surface area (Å²) >= 11 is 6.83. The van der Waals surface area contributed by atoms with E-state index in [0.717, 1.165) is 21.1 Å². The van der Waals surface area contributed by atoms with Gasteiger partial charge in [0.2, 0.25) is 0 Å². The third-order valence-corrected chi connectivity index (χ3v) is 2.98. The quantitative estimate of drug-likeness (QED) is 0.922. The van der Waals surface area contributed by atoms with Gasteiger partial charge in [-0.25, -0.2) is 0 Å². The van der Waals surface area contributed by atoms with E-state index in [9.17, 15) is 0 Å². The first-order chi connectivity index (χ1) is 6.50. The summed E-state index contributed by atoms with van der Waals surface area (Å²) in [5.74, 6) is 0.586. The van der Waals surface area contributed by atoms with Gasteiger partial charge in [0, 0.05) is 21.2 Å². The Bertz CT molecular complexity index is 313. The van der Waals surface area contributed by atoms with Crippen LogP contribution in [-0.2, 0) is 0 Å². The molecule has 1 atom stereocenters. The molecule has 0 aliphatic carbocycles. The number of rotatable bonds is 3. The Balaban J connectivity index is 2.84. The molecule has 0 aliphatic rings. The monoisotopic (exact) mass is 320 g/mol. The smallest absolute Gasteiger partial charge is 0.0713 e. The van der Waals surface area contributed by atoms with E-state index in [4.69, 9.17) is 5.73 Å². The third kappa shape index (κ3) is 3.33. The molecule has 0 bridgehead atoms. The molecule has 0 spiro atoms. The second-order valence-corrected chi connectivity index (χ2v) is 5.53. The maximum absolute atomic E-state index is 6.04. The van der Waals surface area contributed by atoms with Crippen molar-refractivity contribution in [3.05, 3.63) is 26.9 Å². The minimum atomic E-state index is 0.0116. The van der Waals surface area contributed by atoms with Crippen molar-refractivity contribution in [2.24, 2.45) is 11.7 Å². The highest BCUT2D eigenvalue weighted by Crippen LogP contribution is 2.26. The summed E-state index contributed by atoms with van der Waals surface area (Å²) in [4.78, 5) is 4.31. The topological polar surface area (TPSA) is 38.9 Å². The molecule has 0 fully saturated rings. The van der Waals surface area contributed by atoms with Crippen molar-refractivity contribution in [1.29, 1.82) is 0 Å². The minimum absolute atomic E-state index is 0.0116. The molecule has 1 unspecified atom stereocenters.